The predicted octanol–water partition coefficient (Wildman–Crippen LogP) is 2.88. The van der Waals surface area contributed by atoms with Crippen LogP contribution in [0.15, 0.2) is 24.4 Å². The van der Waals surface area contributed by atoms with E-state index < -0.39 is 0 Å². The third-order valence-electron chi connectivity index (χ3n) is 4.23. The lowest BCUT2D eigenvalue weighted by Gasteiger charge is -2.33. The highest BCUT2D eigenvalue weighted by molar-refractivity contribution is 5.41. The van der Waals surface area contributed by atoms with E-state index in [-0.39, 0.29) is 0 Å². The zero-order valence-corrected chi connectivity index (χ0v) is 13.4. The molecule has 1 saturated heterocycles. The Morgan fingerprint density at radius 3 is 2.50 bits per heavy atom. The van der Waals surface area contributed by atoms with Gasteiger partial charge in [0.05, 0.1) is 7.11 Å². The van der Waals surface area contributed by atoms with Crippen molar-refractivity contribution in [3.05, 3.63) is 41.3 Å². The summed E-state index contributed by atoms with van der Waals surface area (Å²) in [6.07, 6.45) is 4.26. The summed E-state index contributed by atoms with van der Waals surface area (Å²) in [6.45, 7) is 5.99. The molecule has 1 aliphatic rings. The summed E-state index contributed by atoms with van der Waals surface area (Å²) in [5, 5.41) is 0. The van der Waals surface area contributed by atoms with Crippen molar-refractivity contribution in [2.45, 2.75) is 32.6 Å². The van der Waals surface area contributed by atoms with Gasteiger partial charge in [0, 0.05) is 36.7 Å². The number of aryl methyl sites for hydroxylation is 2. The fourth-order valence-electron chi connectivity index (χ4n) is 2.94. The zero-order chi connectivity index (χ0) is 15.5. The van der Waals surface area contributed by atoms with E-state index in [1.165, 1.54) is 5.56 Å². The molecule has 0 saturated carbocycles. The third-order valence-corrected chi connectivity index (χ3v) is 4.23. The van der Waals surface area contributed by atoms with Crippen LogP contribution in [0.25, 0.3) is 0 Å². The van der Waals surface area contributed by atoms with Gasteiger partial charge in [-0.1, -0.05) is 6.07 Å². The van der Waals surface area contributed by atoms with E-state index in [4.69, 9.17) is 4.74 Å². The van der Waals surface area contributed by atoms with Crippen molar-refractivity contribution in [2.24, 2.45) is 0 Å². The average molecular weight is 298 g/mol. The molecule has 0 atom stereocenters. The van der Waals surface area contributed by atoms with Crippen LogP contribution in [0.4, 0.5) is 5.82 Å². The first-order chi connectivity index (χ1) is 10.7. The van der Waals surface area contributed by atoms with Crippen molar-refractivity contribution >= 4 is 5.82 Å². The van der Waals surface area contributed by atoms with Crippen molar-refractivity contribution in [1.82, 2.24) is 15.0 Å². The van der Waals surface area contributed by atoms with Crippen LogP contribution in [0.2, 0.25) is 0 Å². The monoisotopic (exact) mass is 298 g/mol. The molecule has 0 radical (unpaired) electrons. The Labute approximate surface area is 131 Å². The molecule has 0 N–H and O–H groups in total. The quantitative estimate of drug-likeness (QED) is 0.872. The largest absolute Gasteiger partial charge is 0.467 e. The summed E-state index contributed by atoms with van der Waals surface area (Å²) >= 11 is 0. The summed E-state index contributed by atoms with van der Waals surface area (Å²) in [5.74, 6) is 1.55. The summed E-state index contributed by atoms with van der Waals surface area (Å²) in [4.78, 5) is 15.4. The highest BCUT2D eigenvalue weighted by atomic mass is 16.5. The molecule has 1 aliphatic heterocycles. The van der Waals surface area contributed by atoms with Gasteiger partial charge in [0.2, 0.25) is 0 Å². The van der Waals surface area contributed by atoms with Crippen LogP contribution in [0.5, 0.6) is 6.01 Å². The minimum Gasteiger partial charge on any atom is -0.467 e. The lowest BCUT2D eigenvalue weighted by molar-refractivity contribution is 0.378. The van der Waals surface area contributed by atoms with Gasteiger partial charge in [0.25, 0.3) is 0 Å². The second kappa shape index (κ2) is 6.30. The highest BCUT2D eigenvalue weighted by Gasteiger charge is 2.22. The number of hydrogen-bond donors (Lipinski definition) is 0. The van der Waals surface area contributed by atoms with E-state index in [0.717, 1.165) is 43.1 Å². The fraction of sp³-hybridized carbons (Fsp3) is 0.471. The topological polar surface area (TPSA) is 51.1 Å². The Hall–Kier alpha value is -2.17. The molecule has 116 valence electrons. The van der Waals surface area contributed by atoms with Crippen LogP contribution < -0.4 is 9.64 Å². The first kappa shape index (κ1) is 14.8. The van der Waals surface area contributed by atoms with E-state index in [9.17, 15) is 0 Å². The normalized spacial score (nSPS) is 15.9. The molecule has 0 aliphatic carbocycles. The smallest absolute Gasteiger partial charge is 0.318 e. The molecular weight excluding hydrogens is 276 g/mol. The summed E-state index contributed by atoms with van der Waals surface area (Å²) < 4.78 is 5.17. The van der Waals surface area contributed by atoms with E-state index in [0.29, 0.717) is 11.9 Å². The Morgan fingerprint density at radius 2 is 1.86 bits per heavy atom. The molecular formula is C17H22N4O. The van der Waals surface area contributed by atoms with Crippen molar-refractivity contribution in [3.63, 3.8) is 0 Å². The average Bonchev–Trinajstić information content (AvgIpc) is 2.55. The van der Waals surface area contributed by atoms with Gasteiger partial charge in [-0.25, -0.2) is 4.98 Å². The number of aromatic nitrogens is 3. The second-order valence-electron chi connectivity index (χ2n) is 5.85. The molecule has 2 aromatic heterocycles. The van der Waals surface area contributed by atoms with Crippen molar-refractivity contribution < 1.29 is 4.74 Å². The predicted molar refractivity (Wildman–Crippen MR) is 86.5 cm³/mol. The molecule has 0 bridgehead atoms. The third kappa shape index (κ3) is 3.18. The van der Waals surface area contributed by atoms with Crippen molar-refractivity contribution in [2.75, 3.05) is 25.1 Å². The molecule has 3 heterocycles. The van der Waals surface area contributed by atoms with Gasteiger partial charge < -0.3 is 9.64 Å². The van der Waals surface area contributed by atoms with E-state index in [1.807, 2.05) is 26.1 Å². The SMILES string of the molecule is COc1nc(C)cc(N2CCC(c3ccc(C)nc3)CC2)n1. The van der Waals surface area contributed by atoms with Crippen LogP contribution in [0.3, 0.4) is 0 Å². The van der Waals surface area contributed by atoms with Gasteiger partial charge in [0.15, 0.2) is 0 Å². The molecule has 22 heavy (non-hydrogen) atoms. The lowest BCUT2D eigenvalue weighted by Crippen LogP contribution is -2.33. The number of ether oxygens (including phenoxy) is 1. The molecule has 0 amide bonds. The minimum atomic E-state index is 0.444. The number of piperidine rings is 1. The first-order valence-corrected chi connectivity index (χ1v) is 7.73. The fourth-order valence-corrected chi connectivity index (χ4v) is 2.94. The Balaban J connectivity index is 1.69. The molecule has 0 aromatic carbocycles. The van der Waals surface area contributed by atoms with E-state index in [1.54, 1.807) is 7.11 Å². The zero-order valence-electron chi connectivity index (χ0n) is 13.4. The van der Waals surface area contributed by atoms with Crippen LogP contribution in [-0.2, 0) is 0 Å². The van der Waals surface area contributed by atoms with Gasteiger partial charge in [-0.2, -0.15) is 4.98 Å². The molecule has 2 aromatic rings. The summed E-state index contributed by atoms with van der Waals surface area (Å²) in [6, 6.07) is 6.77. The molecule has 0 spiro atoms. The number of hydrogen-bond acceptors (Lipinski definition) is 5. The number of methoxy groups -OCH3 is 1. The van der Waals surface area contributed by atoms with Crippen molar-refractivity contribution in [3.8, 4) is 6.01 Å². The summed E-state index contributed by atoms with van der Waals surface area (Å²) in [5.41, 5.74) is 3.36. The molecule has 1 fully saturated rings. The number of pyridine rings is 1. The number of nitrogens with zero attached hydrogens (tertiary/aromatic N) is 4. The number of rotatable bonds is 3. The first-order valence-electron chi connectivity index (χ1n) is 7.73. The van der Waals surface area contributed by atoms with Gasteiger partial charge in [-0.3, -0.25) is 4.98 Å². The van der Waals surface area contributed by atoms with Crippen LogP contribution in [-0.4, -0.2) is 35.2 Å². The standard InChI is InChI=1S/C17H22N4O/c1-12-4-5-15(11-18-12)14-6-8-21(9-7-14)16-10-13(2)19-17(20-16)22-3/h4-5,10-11,14H,6-9H2,1-3H3. The maximum atomic E-state index is 5.17. The molecule has 0 unspecified atom stereocenters. The minimum absolute atomic E-state index is 0.444. The maximum absolute atomic E-state index is 5.17. The van der Waals surface area contributed by atoms with E-state index in [2.05, 4.69) is 32.0 Å². The summed E-state index contributed by atoms with van der Waals surface area (Å²) in [7, 11) is 1.61. The van der Waals surface area contributed by atoms with E-state index >= 15 is 0 Å². The van der Waals surface area contributed by atoms with Gasteiger partial charge in [-0.05, 0) is 44.2 Å². The Morgan fingerprint density at radius 1 is 1.09 bits per heavy atom. The van der Waals surface area contributed by atoms with Crippen LogP contribution >= 0.6 is 0 Å². The maximum Gasteiger partial charge on any atom is 0.318 e. The van der Waals surface area contributed by atoms with Crippen LogP contribution in [0, 0.1) is 13.8 Å². The Bertz CT molecular complexity index is 634. The molecule has 5 heteroatoms. The Kier molecular flexibility index (Phi) is 4.22. The lowest BCUT2D eigenvalue weighted by atomic mass is 9.90. The highest BCUT2D eigenvalue weighted by Crippen LogP contribution is 2.30. The van der Waals surface area contributed by atoms with Gasteiger partial charge in [0.1, 0.15) is 5.82 Å². The van der Waals surface area contributed by atoms with Crippen LogP contribution in [0.1, 0.15) is 35.7 Å². The number of anilines is 1. The van der Waals surface area contributed by atoms with Crippen molar-refractivity contribution in [1.29, 1.82) is 0 Å². The molecule has 3 rings (SSSR count). The second-order valence-corrected chi connectivity index (χ2v) is 5.85. The van der Waals surface area contributed by atoms with Gasteiger partial charge in [-0.15, -0.1) is 0 Å². The van der Waals surface area contributed by atoms with Gasteiger partial charge >= 0.3 is 6.01 Å². The molecule has 5 nitrogen and oxygen atoms in total.